The normalized spacial score (nSPS) is 10.6. The number of hydrogen-bond acceptors (Lipinski definition) is 6. The van der Waals surface area contributed by atoms with Crippen LogP contribution in [0.25, 0.3) is 22.3 Å². The maximum absolute atomic E-state index is 5.99. The van der Waals surface area contributed by atoms with E-state index in [1.54, 1.807) is 28.4 Å². The summed E-state index contributed by atoms with van der Waals surface area (Å²) in [5.41, 5.74) is 5.37. The molecule has 0 N–H and O–H groups in total. The molecule has 0 saturated carbocycles. The molecular weight excluding hydrogens is 528 g/mol. The zero-order valence-corrected chi connectivity index (χ0v) is 24.3. The first-order valence-corrected chi connectivity index (χ1v) is 13.6. The van der Waals surface area contributed by atoms with Crippen molar-refractivity contribution in [2.75, 3.05) is 28.4 Å². The zero-order valence-electron chi connectivity index (χ0n) is 24.3. The predicted molar refractivity (Wildman–Crippen MR) is 165 cm³/mol. The second kappa shape index (κ2) is 13.5. The van der Waals surface area contributed by atoms with E-state index in [0.29, 0.717) is 36.2 Å². The Labute approximate surface area is 247 Å². The fraction of sp³-hybridized carbons (Fsp3) is 0.167. The minimum absolute atomic E-state index is 0.485. The Kier molecular flexibility index (Phi) is 9.14. The van der Waals surface area contributed by atoms with Crippen LogP contribution in [0.15, 0.2) is 109 Å². The van der Waals surface area contributed by atoms with Crippen LogP contribution in [-0.2, 0) is 13.2 Å². The van der Waals surface area contributed by atoms with E-state index in [2.05, 4.69) is 0 Å². The molecular formula is C36H34O6. The Morgan fingerprint density at radius 1 is 0.381 bits per heavy atom. The lowest BCUT2D eigenvalue weighted by atomic mass is 9.95. The molecule has 0 aliphatic rings. The first kappa shape index (κ1) is 28.4. The highest BCUT2D eigenvalue weighted by atomic mass is 16.5. The number of ether oxygens (including phenoxy) is 6. The van der Waals surface area contributed by atoms with Crippen LogP contribution < -0.4 is 28.4 Å². The highest BCUT2D eigenvalue weighted by Crippen LogP contribution is 2.56. The fourth-order valence-corrected chi connectivity index (χ4v) is 4.88. The average Bonchev–Trinajstić information content (AvgIpc) is 3.06. The standard InChI is InChI=1S/C36H34O6/c1-37-33-31(27-15-19-29(20-16-27)41-23-25-11-7-5-8-12-25)35(39-3)36(40-4)32(34(33)38-2)28-17-21-30(22-18-28)42-24-26-13-9-6-10-14-26/h5-22H,23-24H2,1-4H3. The Morgan fingerprint density at radius 3 is 0.976 bits per heavy atom. The lowest BCUT2D eigenvalue weighted by Gasteiger charge is -2.23. The van der Waals surface area contributed by atoms with Crippen LogP contribution in [0, 0.1) is 0 Å². The molecule has 0 aliphatic carbocycles. The molecule has 0 aliphatic heterocycles. The van der Waals surface area contributed by atoms with Crippen LogP contribution in [0.2, 0.25) is 0 Å². The quantitative estimate of drug-likeness (QED) is 0.153. The number of benzene rings is 5. The summed E-state index contributed by atoms with van der Waals surface area (Å²) in [6.07, 6.45) is 0. The van der Waals surface area contributed by atoms with Gasteiger partial charge < -0.3 is 28.4 Å². The molecule has 5 rings (SSSR count). The predicted octanol–water partition coefficient (Wildman–Crippen LogP) is 8.21. The van der Waals surface area contributed by atoms with Gasteiger partial charge in [-0.3, -0.25) is 0 Å². The third-order valence-corrected chi connectivity index (χ3v) is 6.92. The van der Waals surface area contributed by atoms with Crippen molar-refractivity contribution in [1.82, 2.24) is 0 Å². The van der Waals surface area contributed by atoms with Gasteiger partial charge in [-0.15, -0.1) is 0 Å². The largest absolute Gasteiger partial charge is 0.492 e. The Bertz CT molecular complexity index is 1430. The van der Waals surface area contributed by atoms with Gasteiger partial charge in [0, 0.05) is 0 Å². The van der Waals surface area contributed by atoms with E-state index in [1.807, 2.05) is 109 Å². The van der Waals surface area contributed by atoms with E-state index in [-0.39, 0.29) is 0 Å². The van der Waals surface area contributed by atoms with E-state index in [4.69, 9.17) is 28.4 Å². The summed E-state index contributed by atoms with van der Waals surface area (Å²) in [7, 11) is 6.48. The van der Waals surface area contributed by atoms with E-state index in [9.17, 15) is 0 Å². The number of rotatable bonds is 12. The summed E-state index contributed by atoms with van der Waals surface area (Å²) in [6, 6.07) is 35.7. The fourth-order valence-electron chi connectivity index (χ4n) is 4.88. The minimum atomic E-state index is 0.485. The molecule has 0 heterocycles. The van der Waals surface area contributed by atoms with Crippen LogP contribution in [0.4, 0.5) is 0 Å². The van der Waals surface area contributed by atoms with Crippen molar-refractivity contribution in [1.29, 1.82) is 0 Å². The van der Waals surface area contributed by atoms with Crippen molar-refractivity contribution in [3.8, 4) is 56.8 Å². The first-order chi connectivity index (χ1) is 20.7. The van der Waals surface area contributed by atoms with Gasteiger partial charge in [-0.2, -0.15) is 0 Å². The van der Waals surface area contributed by atoms with Gasteiger partial charge in [0.2, 0.25) is 0 Å². The number of hydrogen-bond donors (Lipinski definition) is 0. The van der Waals surface area contributed by atoms with Crippen molar-refractivity contribution >= 4 is 0 Å². The summed E-state index contributed by atoms with van der Waals surface area (Å²) in [6.45, 7) is 0.971. The second-order valence-corrected chi connectivity index (χ2v) is 9.48. The van der Waals surface area contributed by atoms with E-state index in [1.165, 1.54) is 0 Å². The zero-order chi connectivity index (χ0) is 29.3. The van der Waals surface area contributed by atoms with E-state index < -0.39 is 0 Å². The molecule has 214 valence electrons. The Balaban J connectivity index is 1.48. The van der Waals surface area contributed by atoms with Gasteiger partial charge in [-0.25, -0.2) is 0 Å². The molecule has 0 amide bonds. The first-order valence-electron chi connectivity index (χ1n) is 13.6. The van der Waals surface area contributed by atoms with Crippen molar-refractivity contribution in [2.45, 2.75) is 13.2 Å². The van der Waals surface area contributed by atoms with Crippen LogP contribution in [-0.4, -0.2) is 28.4 Å². The van der Waals surface area contributed by atoms with Crippen LogP contribution in [0.5, 0.6) is 34.5 Å². The second-order valence-electron chi connectivity index (χ2n) is 9.48. The van der Waals surface area contributed by atoms with Crippen molar-refractivity contribution in [3.63, 3.8) is 0 Å². The summed E-state index contributed by atoms with van der Waals surface area (Å²) in [5.74, 6) is 3.65. The van der Waals surface area contributed by atoms with E-state index >= 15 is 0 Å². The van der Waals surface area contributed by atoms with Gasteiger partial charge in [0.1, 0.15) is 24.7 Å². The molecule has 5 aromatic carbocycles. The van der Waals surface area contributed by atoms with Gasteiger partial charge >= 0.3 is 0 Å². The lowest BCUT2D eigenvalue weighted by molar-refractivity contribution is 0.306. The summed E-state index contributed by atoms with van der Waals surface area (Å²) < 4.78 is 35.8. The molecule has 0 unspecified atom stereocenters. The van der Waals surface area contributed by atoms with E-state index in [0.717, 1.165) is 44.9 Å². The average molecular weight is 563 g/mol. The SMILES string of the molecule is COc1c(OC)c(-c2ccc(OCc3ccccc3)cc2)c(OC)c(OC)c1-c1ccc(OCc2ccccc2)cc1. The molecule has 5 aromatic rings. The maximum Gasteiger partial charge on any atom is 0.173 e. The molecule has 6 nitrogen and oxygen atoms in total. The van der Waals surface area contributed by atoms with Gasteiger partial charge in [0.05, 0.1) is 39.6 Å². The summed E-state index contributed by atoms with van der Waals surface area (Å²) in [4.78, 5) is 0. The summed E-state index contributed by atoms with van der Waals surface area (Å²) >= 11 is 0. The topological polar surface area (TPSA) is 55.4 Å². The molecule has 0 bridgehead atoms. The molecule has 0 spiro atoms. The van der Waals surface area contributed by atoms with Gasteiger partial charge in [0.15, 0.2) is 23.0 Å². The van der Waals surface area contributed by atoms with Crippen LogP contribution in [0.1, 0.15) is 11.1 Å². The van der Waals surface area contributed by atoms with Crippen molar-refractivity contribution < 1.29 is 28.4 Å². The molecule has 0 saturated heterocycles. The maximum atomic E-state index is 5.99. The molecule has 6 heteroatoms. The van der Waals surface area contributed by atoms with Gasteiger partial charge in [-0.05, 0) is 46.5 Å². The third-order valence-electron chi connectivity index (χ3n) is 6.92. The monoisotopic (exact) mass is 562 g/mol. The van der Waals surface area contributed by atoms with Crippen LogP contribution >= 0.6 is 0 Å². The van der Waals surface area contributed by atoms with Gasteiger partial charge in [-0.1, -0.05) is 84.9 Å². The molecule has 0 aromatic heterocycles. The molecule has 0 radical (unpaired) electrons. The smallest absolute Gasteiger partial charge is 0.173 e. The Morgan fingerprint density at radius 2 is 0.690 bits per heavy atom. The highest BCUT2D eigenvalue weighted by Gasteiger charge is 2.29. The van der Waals surface area contributed by atoms with Crippen LogP contribution in [0.3, 0.4) is 0 Å². The lowest BCUT2D eigenvalue weighted by Crippen LogP contribution is -2.03. The minimum Gasteiger partial charge on any atom is -0.492 e. The molecule has 42 heavy (non-hydrogen) atoms. The third kappa shape index (κ3) is 6.13. The highest BCUT2D eigenvalue weighted by molar-refractivity contribution is 5.93. The molecule has 0 atom stereocenters. The Hall–Kier alpha value is -5.10. The number of methoxy groups -OCH3 is 4. The molecule has 0 fully saturated rings. The van der Waals surface area contributed by atoms with Gasteiger partial charge in [0.25, 0.3) is 0 Å². The van der Waals surface area contributed by atoms with Crippen molar-refractivity contribution in [3.05, 3.63) is 120 Å². The van der Waals surface area contributed by atoms with Crippen molar-refractivity contribution in [2.24, 2.45) is 0 Å². The summed E-state index contributed by atoms with van der Waals surface area (Å²) in [5, 5.41) is 0.